The first-order valence-electron chi connectivity index (χ1n) is 5.59. The molecule has 0 saturated carbocycles. The maximum atomic E-state index is 13.3. The van der Waals surface area contributed by atoms with E-state index in [1.54, 1.807) is 0 Å². The van der Waals surface area contributed by atoms with E-state index in [0.29, 0.717) is 13.1 Å². The summed E-state index contributed by atoms with van der Waals surface area (Å²) in [4.78, 5) is 10.6. The average molecular weight is 258 g/mol. The summed E-state index contributed by atoms with van der Waals surface area (Å²) < 4.78 is 26.6. The molecule has 4 nitrogen and oxygen atoms in total. The molecule has 0 aliphatic heterocycles. The van der Waals surface area contributed by atoms with Gasteiger partial charge in [0.1, 0.15) is 11.6 Å². The lowest BCUT2D eigenvalue weighted by molar-refractivity contribution is -0.118. The summed E-state index contributed by atoms with van der Waals surface area (Å²) in [7, 11) is 0. The van der Waals surface area contributed by atoms with Crippen molar-refractivity contribution in [1.82, 2.24) is 10.6 Å². The molecule has 3 N–H and O–H groups in total. The lowest BCUT2D eigenvalue weighted by Crippen LogP contribution is -2.32. The summed E-state index contributed by atoms with van der Waals surface area (Å²) in [5.74, 6) is -1.70. The summed E-state index contributed by atoms with van der Waals surface area (Å²) in [5, 5.41) is 15.0. The number of carbonyl (C=O) groups is 1. The fraction of sp³-hybridized carbons (Fsp3) is 0.417. The number of aliphatic hydroxyl groups is 1. The van der Waals surface area contributed by atoms with Crippen LogP contribution in [0.5, 0.6) is 0 Å². The molecule has 0 saturated heterocycles. The van der Waals surface area contributed by atoms with Crippen LogP contribution in [0.15, 0.2) is 18.2 Å². The van der Waals surface area contributed by atoms with Gasteiger partial charge in [-0.1, -0.05) is 6.07 Å². The lowest BCUT2D eigenvalue weighted by atomic mass is 10.1. The van der Waals surface area contributed by atoms with Crippen LogP contribution in [0.3, 0.4) is 0 Å². The number of hydrogen-bond donors (Lipinski definition) is 3. The third kappa shape index (κ3) is 4.38. The first-order chi connectivity index (χ1) is 8.52. The molecule has 1 aromatic carbocycles. The van der Waals surface area contributed by atoms with E-state index in [4.69, 9.17) is 0 Å². The standard InChI is InChI=1S/C12H16F2N2O2/c1-8(17)16-6-5-15-7-11(18)12-9(13)3-2-4-10(12)14/h2-4,11,15,18H,5-7H2,1H3,(H,16,17). The lowest BCUT2D eigenvalue weighted by Gasteiger charge is -2.13. The second kappa shape index (κ2) is 7.03. The minimum atomic E-state index is -1.26. The van der Waals surface area contributed by atoms with E-state index in [1.807, 2.05) is 0 Å². The average Bonchev–Trinajstić information content (AvgIpc) is 2.27. The van der Waals surface area contributed by atoms with Crippen LogP contribution in [0.25, 0.3) is 0 Å². The maximum Gasteiger partial charge on any atom is 0.216 e. The van der Waals surface area contributed by atoms with Gasteiger partial charge in [-0.2, -0.15) is 0 Å². The topological polar surface area (TPSA) is 61.4 Å². The Bertz CT molecular complexity index is 393. The van der Waals surface area contributed by atoms with Gasteiger partial charge in [0.25, 0.3) is 0 Å². The van der Waals surface area contributed by atoms with Crippen LogP contribution in [-0.2, 0) is 4.79 Å². The molecule has 1 rings (SSSR count). The molecule has 0 heterocycles. The number of rotatable bonds is 6. The molecule has 6 heteroatoms. The Morgan fingerprint density at radius 2 is 1.94 bits per heavy atom. The van der Waals surface area contributed by atoms with Crippen molar-refractivity contribution >= 4 is 5.91 Å². The van der Waals surface area contributed by atoms with Crippen LogP contribution in [0, 0.1) is 11.6 Å². The predicted molar refractivity (Wildman–Crippen MR) is 62.9 cm³/mol. The SMILES string of the molecule is CC(=O)NCCNCC(O)c1c(F)cccc1F. The molecule has 0 spiro atoms. The van der Waals surface area contributed by atoms with E-state index in [2.05, 4.69) is 10.6 Å². The van der Waals surface area contributed by atoms with Crippen LogP contribution in [-0.4, -0.2) is 30.6 Å². The fourth-order valence-electron chi connectivity index (χ4n) is 1.50. The Morgan fingerprint density at radius 3 is 2.50 bits per heavy atom. The van der Waals surface area contributed by atoms with E-state index in [1.165, 1.54) is 13.0 Å². The zero-order valence-electron chi connectivity index (χ0n) is 10.0. The Kier molecular flexibility index (Phi) is 5.67. The van der Waals surface area contributed by atoms with Crippen molar-refractivity contribution in [3.05, 3.63) is 35.4 Å². The van der Waals surface area contributed by atoms with Crippen LogP contribution < -0.4 is 10.6 Å². The van der Waals surface area contributed by atoms with Gasteiger partial charge in [0.15, 0.2) is 0 Å². The van der Waals surface area contributed by atoms with Gasteiger partial charge in [0, 0.05) is 26.6 Å². The van der Waals surface area contributed by atoms with Crippen molar-refractivity contribution in [2.24, 2.45) is 0 Å². The molecule has 0 radical (unpaired) electrons. The van der Waals surface area contributed by atoms with Gasteiger partial charge in [0.2, 0.25) is 5.91 Å². The quantitative estimate of drug-likeness (QED) is 0.659. The van der Waals surface area contributed by atoms with Gasteiger partial charge in [-0.25, -0.2) is 8.78 Å². The van der Waals surface area contributed by atoms with Crippen molar-refractivity contribution in [3.8, 4) is 0 Å². The van der Waals surface area contributed by atoms with Crippen molar-refractivity contribution in [2.45, 2.75) is 13.0 Å². The van der Waals surface area contributed by atoms with Crippen LogP contribution >= 0.6 is 0 Å². The molecule has 0 aliphatic rings. The molecule has 18 heavy (non-hydrogen) atoms. The highest BCUT2D eigenvalue weighted by atomic mass is 19.1. The van der Waals surface area contributed by atoms with Crippen LogP contribution in [0.1, 0.15) is 18.6 Å². The Morgan fingerprint density at radius 1 is 1.33 bits per heavy atom. The van der Waals surface area contributed by atoms with Gasteiger partial charge in [-0.3, -0.25) is 4.79 Å². The normalized spacial score (nSPS) is 12.2. The maximum absolute atomic E-state index is 13.3. The summed E-state index contributed by atoms with van der Waals surface area (Å²) in [5.41, 5.74) is -0.343. The molecule has 100 valence electrons. The summed E-state index contributed by atoms with van der Waals surface area (Å²) in [6.07, 6.45) is -1.26. The Hall–Kier alpha value is -1.53. The summed E-state index contributed by atoms with van der Waals surface area (Å²) >= 11 is 0. The zero-order chi connectivity index (χ0) is 13.5. The summed E-state index contributed by atoms with van der Waals surface area (Å²) in [6, 6.07) is 3.43. The molecule has 1 unspecified atom stereocenters. The monoisotopic (exact) mass is 258 g/mol. The number of hydrogen-bond acceptors (Lipinski definition) is 3. The number of amides is 1. The van der Waals surface area contributed by atoms with Crippen molar-refractivity contribution in [1.29, 1.82) is 0 Å². The van der Waals surface area contributed by atoms with Gasteiger partial charge in [-0.05, 0) is 12.1 Å². The Labute approximate surface area is 104 Å². The molecule has 0 aromatic heterocycles. The number of benzene rings is 1. The minimum Gasteiger partial charge on any atom is -0.387 e. The highest BCUT2D eigenvalue weighted by Gasteiger charge is 2.16. The van der Waals surface area contributed by atoms with E-state index in [9.17, 15) is 18.7 Å². The molecule has 1 aromatic rings. The molecule has 0 bridgehead atoms. The van der Waals surface area contributed by atoms with Crippen molar-refractivity contribution < 1.29 is 18.7 Å². The van der Waals surface area contributed by atoms with E-state index in [0.717, 1.165) is 12.1 Å². The first kappa shape index (κ1) is 14.5. The highest BCUT2D eigenvalue weighted by molar-refractivity contribution is 5.72. The third-order valence-corrected chi connectivity index (χ3v) is 2.35. The summed E-state index contributed by atoms with van der Waals surface area (Å²) in [6.45, 7) is 2.20. The second-order valence-electron chi connectivity index (χ2n) is 3.84. The predicted octanol–water partition coefficient (Wildman–Crippen LogP) is 0.724. The number of carbonyl (C=O) groups excluding carboxylic acids is 1. The highest BCUT2D eigenvalue weighted by Crippen LogP contribution is 2.19. The molecular formula is C12H16F2N2O2. The van der Waals surface area contributed by atoms with Gasteiger partial charge < -0.3 is 15.7 Å². The van der Waals surface area contributed by atoms with E-state index >= 15 is 0 Å². The third-order valence-electron chi connectivity index (χ3n) is 2.35. The van der Waals surface area contributed by atoms with Gasteiger partial charge in [0.05, 0.1) is 11.7 Å². The first-order valence-corrected chi connectivity index (χ1v) is 5.59. The molecule has 0 fully saturated rings. The van der Waals surface area contributed by atoms with Crippen molar-refractivity contribution in [2.75, 3.05) is 19.6 Å². The van der Waals surface area contributed by atoms with Crippen molar-refractivity contribution in [3.63, 3.8) is 0 Å². The fourth-order valence-corrected chi connectivity index (χ4v) is 1.50. The second-order valence-corrected chi connectivity index (χ2v) is 3.84. The van der Waals surface area contributed by atoms with Gasteiger partial charge >= 0.3 is 0 Å². The molecule has 0 aliphatic carbocycles. The number of nitrogens with one attached hydrogen (secondary N) is 2. The van der Waals surface area contributed by atoms with Crippen LogP contribution in [0.2, 0.25) is 0 Å². The molecule has 1 amide bonds. The smallest absolute Gasteiger partial charge is 0.216 e. The minimum absolute atomic E-state index is 0.0113. The van der Waals surface area contributed by atoms with E-state index < -0.39 is 17.7 Å². The largest absolute Gasteiger partial charge is 0.387 e. The molecule has 1 atom stereocenters. The van der Waals surface area contributed by atoms with Crippen LogP contribution in [0.4, 0.5) is 8.78 Å². The molecular weight excluding hydrogens is 242 g/mol. The van der Waals surface area contributed by atoms with E-state index in [-0.39, 0.29) is 18.0 Å². The number of aliphatic hydroxyl groups excluding tert-OH is 1. The zero-order valence-corrected chi connectivity index (χ0v) is 10.0. The van der Waals surface area contributed by atoms with Gasteiger partial charge in [-0.15, -0.1) is 0 Å². The number of halogens is 2. The Balaban J connectivity index is 2.41.